The monoisotopic (exact) mass is 514 g/mol. The molecule has 5 heterocycles. The number of rotatable bonds is 5. The molecule has 0 bridgehead atoms. The number of nitrogens with one attached hydrogen (secondary N) is 1. The molecule has 1 aromatic carbocycles. The van der Waals surface area contributed by atoms with Crippen LogP contribution in [0.3, 0.4) is 0 Å². The minimum Gasteiger partial charge on any atom is -0.347 e. The number of benzene rings is 1. The van der Waals surface area contributed by atoms with Crippen LogP contribution < -0.4 is 15.8 Å². The fraction of sp³-hybridized carbons (Fsp3) is 0.370. The maximum atomic E-state index is 13.5. The van der Waals surface area contributed by atoms with Crippen molar-refractivity contribution in [1.82, 2.24) is 34.2 Å². The number of nitrogens with zero attached hydrogens (tertiary/aromatic N) is 7. The van der Waals surface area contributed by atoms with Gasteiger partial charge in [0.05, 0.1) is 11.4 Å². The first kappa shape index (κ1) is 24.0. The van der Waals surface area contributed by atoms with Crippen LogP contribution in [0.5, 0.6) is 0 Å². The van der Waals surface area contributed by atoms with Crippen LogP contribution in [0.2, 0.25) is 0 Å². The van der Waals surface area contributed by atoms with Gasteiger partial charge >= 0.3 is 0 Å². The fourth-order valence-corrected chi connectivity index (χ4v) is 5.62. The third kappa shape index (κ3) is 4.04. The summed E-state index contributed by atoms with van der Waals surface area (Å²) in [5, 5.41) is 7.72. The number of fused-ring (bicyclic) bond motifs is 1. The van der Waals surface area contributed by atoms with E-state index in [1.54, 1.807) is 35.6 Å². The molecule has 3 aromatic heterocycles. The van der Waals surface area contributed by atoms with E-state index >= 15 is 0 Å². The summed E-state index contributed by atoms with van der Waals surface area (Å²) in [7, 11) is 1.76. The molecule has 2 aliphatic heterocycles. The molecule has 11 nitrogen and oxygen atoms in total. The molecule has 0 aliphatic carbocycles. The molecule has 0 spiro atoms. The van der Waals surface area contributed by atoms with Crippen LogP contribution in [0.25, 0.3) is 11.3 Å². The van der Waals surface area contributed by atoms with Gasteiger partial charge in [-0.3, -0.25) is 19.1 Å². The lowest BCUT2D eigenvalue weighted by atomic mass is 10.1. The Labute approximate surface area is 219 Å². The lowest BCUT2D eigenvalue weighted by molar-refractivity contribution is -0.131. The lowest BCUT2D eigenvalue weighted by Gasteiger charge is -2.28. The number of carbonyl (C=O) groups excluding carboxylic acids is 2. The first-order valence-corrected chi connectivity index (χ1v) is 12.9. The number of para-hydroxylation sites is 1. The summed E-state index contributed by atoms with van der Waals surface area (Å²) in [6.45, 7) is 3.66. The molecule has 0 saturated carbocycles. The van der Waals surface area contributed by atoms with Crippen molar-refractivity contribution < 1.29 is 9.59 Å². The van der Waals surface area contributed by atoms with Gasteiger partial charge < -0.3 is 15.1 Å². The van der Waals surface area contributed by atoms with Gasteiger partial charge in [-0.25, -0.2) is 14.2 Å². The first-order valence-electron chi connectivity index (χ1n) is 12.9. The number of likely N-dealkylation sites (tertiary alicyclic amines) is 1. The molecule has 196 valence electrons. The van der Waals surface area contributed by atoms with E-state index in [0.717, 1.165) is 31.6 Å². The number of aromatic nitrogens is 5. The number of anilines is 1. The van der Waals surface area contributed by atoms with E-state index in [2.05, 4.69) is 15.4 Å². The molecule has 1 N–H and O–H groups in total. The van der Waals surface area contributed by atoms with Crippen molar-refractivity contribution in [2.24, 2.45) is 7.05 Å². The maximum absolute atomic E-state index is 13.5. The number of imidazole rings is 1. The Kier molecular flexibility index (Phi) is 5.97. The Bertz CT molecular complexity index is 1560. The van der Waals surface area contributed by atoms with Crippen molar-refractivity contribution in [2.75, 3.05) is 24.5 Å². The molecule has 2 atom stereocenters. The van der Waals surface area contributed by atoms with Crippen molar-refractivity contribution in [3.8, 4) is 5.69 Å². The highest BCUT2D eigenvalue weighted by Crippen LogP contribution is 2.27. The van der Waals surface area contributed by atoms with Crippen LogP contribution in [-0.4, -0.2) is 72.4 Å². The zero-order chi connectivity index (χ0) is 26.4. The first-order chi connectivity index (χ1) is 18.4. The van der Waals surface area contributed by atoms with Gasteiger partial charge in [0.1, 0.15) is 17.4 Å². The van der Waals surface area contributed by atoms with Crippen LogP contribution >= 0.6 is 0 Å². The van der Waals surface area contributed by atoms with Gasteiger partial charge in [-0.2, -0.15) is 0 Å². The van der Waals surface area contributed by atoms with Gasteiger partial charge in [0.25, 0.3) is 11.5 Å². The highest BCUT2D eigenvalue weighted by atomic mass is 16.2. The second-order valence-corrected chi connectivity index (χ2v) is 9.96. The van der Waals surface area contributed by atoms with Crippen molar-refractivity contribution in [3.05, 3.63) is 76.5 Å². The molecule has 38 heavy (non-hydrogen) atoms. The fourth-order valence-electron chi connectivity index (χ4n) is 5.62. The molecule has 2 fully saturated rings. The maximum Gasteiger partial charge on any atom is 0.284 e. The topological polar surface area (TPSA) is 110 Å². The summed E-state index contributed by atoms with van der Waals surface area (Å²) in [5.74, 6) is 0.260. The number of amides is 2. The standard InChI is InChI=1S/C27H30N8O3/c1-18-24(27(38)35(31(18)2)20-8-4-3-5-9-20)25(36)29-19-16-21(26(37)32-13-6-7-14-32)33(17-19)23-11-10-22-28-12-15-34(22)30-23/h3-5,8-12,15,19,21H,6-7,13-14,16-17H2,1-2H3,(H,29,36)/t19-,21+/m0/s1. The van der Waals surface area contributed by atoms with E-state index in [1.165, 1.54) is 4.68 Å². The van der Waals surface area contributed by atoms with Crippen molar-refractivity contribution >= 4 is 23.3 Å². The molecule has 0 unspecified atom stereocenters. The molecule has 2 aliphatic rings. The Balaban J connectivity index is 1.28. The third-order valence-electron chi connectivity index (χ3n) is 7.66. The van der Waals surface area contributed by atoms with Crippen LogP contribution in [0, 0.1) is 6.92 Å². The summed E-state index contributed by atoms with van der Waals surface area (Å²) >= 11 is 0. The average molecular weight is 515 g/mol. The molecule has 4 aromatic rings. The van der Waals surface area contributed by atoms with Crippen molar-refractivity contribution in [1.29, 1.82) is 0 Å². The second-order valence-electron chi connectivity index (χ2n) is 9.96. The van der Waals surface area contributed by atoms with E-state index in [4.69, 9.17) is 0 Å². The third-order valence-corrected chi connectivity index (χ3v) is 7.66. The van der Waals surface area contributed by atoms with E-state index in [9.17, 15) is 14.4 Å². The van der Waals surface area contributed by atoms with E-state index in [-0.39, 0.29) is 23.1 Å². The molecular weight excluding hydrogens is 484 g/mol. The summed E-state index contributed by atoms with van der Waals surface area (Å²) in [6.07, 6.45) is 5.87. The quantitative estimate of drug-likeness (QED) is 0.433. The van der Waals surface area contributed by atoms with E-state index in [1.807, 2.05) is 52.3 Å². The second kappa shape index (κ2) is 9.47. The minimum atomic E-state index is -0.454. The predicted molar refractivity (Wildman–Crippen MR) is 142 cm³/mol. The van der Waals surface area contributed by atoms with Gasteiger partial charge in [0, 0.05) is 45.1 Å². The van der Waals surface area contributed by atoms with Crippen LogP contribution in [0.15, 0.2) is 59.7 Å². The number of carbonyl (C=O) groups is 2. The smallest absolute Gasteiger partial charge is 0.284 e. The van der Waals surface area contributed by atoms with Gasteiger partial charge in [-0.15, -0.1) is 5.10 Å². The highest BCUT2D eigenvalue weighted by molar-refractivity contribution is 5.95. The lowest BCUT2D eigenvalue weighted by Crippen LogP contribution is -2.45. The molecular formula is C27H30N8O3. The largest absolute Gasteiger partial charge is 0.347 e. The van der Waals surface area contributed by atoms with E-state index in [0.29, 0.717) is 30.2 Å². The zero-order valence-corrected chi connectivity index (χ0v) is 21.4. The Morgan fingerprint density at radius 3 is 2.58 bits per heavy atom. The molecule has 2 saturated heterocycles. The summed E-state index contributed by atoms with van der Waals surface area (Å²) in [5.41, 5.74) is 1.71. The minimum absolute atomic E-state index is 0.0501. The normalized spacial score (nSPS) is 19.4. The predicted octanol–water partition coefficient (Wildman–Crippen LogP) is 1.53. The Morgan fingerprint density at radius 2 is 1.82 bits per heavy atom. The molecule has 11 heteroatoms. The molecule has 0 radical (unpaired) electrons. The Morgan fingerprint density at radius 1 is 1.05 bits per heavy atom. The van der Waals surface area contributed by atoms with Crippen molar-refractivity contribution in [3.63, 3.8) is 0 Å². The highest BCUT2D eigenvalue weighted by Gasteiger charge is 2.41. The summed E-state index contributed by atoms with van der Waals surface area (Å²) in [4.78, 5) is 48.5. The number of hydrogen-bond donors (Lipinski definition) is 1. The van der Waals surface area contributed by atoms with Crippen LogP contribution in [0.4, 0.5) is 5.82 Å². The summed E-state index contributed by atoms with van der Waals surface area (Å²) in [6, 6.07) is 12.2. The van der Waals surface area contributed by atoms with Gasteiger partial charge in [-0.05, 0) is 50.5 Å². The van der Waals surface area contributed by atoms with Gasteiger partial charge in [0.15, 0.2) is 5.65 Å². The van der Waals surface area contributed by atoms with Crippen LogP contribution in [-0.2, 0) is 11.8 Å². The molecule has 6 rings (SSSR count). The van der Waals surface area contributed by atoms with Crippen LogP contribution in [0.1, 0.15) is 35.3 Å². The SMILES string of the molecule is Cc1c(C(=O)N[C@H]2C[C@H](C(=O)N3CCCC3)N(c3ccc4nccn4n3)C2)c(=O)n(-c2ccccc2)n1C. The van der Waals surface area contributed by atoms with E-state index < -0.39 is 11.9 Å². The van der Waals surface area contributed by atoms with Gasteiger partial charge in [0.2, 0.25) is 5.91 Å². The zero-order valence-electron chi connectivity index (χ0n) is 21.4. The Hall–Kier alpha value is -4.41. The van der Waals surface area contributed by atoms with Crippen molar-refractivity contribution in [2.45, 2.75) is 38.3 Å². The number of hydrogen-bond acceptors (Lipinski definition) is 6. The molecule has 2 amide bonds. The van der Waals surface area contributed by atoms with Gasteiger partial charge in [-0.1, -0.05) is 18.2 Å². The summed E-state index contributed by atoms with van der Waals surface area (Å²) < 4.78 is 4.87. The average Bonchev–Trinajstić information content (AvgIpc) is 3.72.